The van der Waals surface area contributed by atoms with E-state index in [-0.39, 0.29) is 77.7 Å². The summed E-state index contributed by atoms with van der Waals surface area (Å²) in [6, 6.07) is 35.1. The Hall–Kier alpha value is -5.18. The maximum Gasteiger partial charge on any atom is 0.331 e. The Kier molecular flexibility index (Phi) is 14.0. The lowest BCUT2D eigenvalue weighted by Crippen LogP contribution is -2.79. The standard InChI is InChI=1S/C81H96O7/c1-52(19-16-22-53-20-6-4-7-21-53)31-34-66(82)81-67(83)36-41-75(3,73(81)65-48-74(2,37-12-11-30-68(84)88-65)80(81,86)42-35-54-43-69(85)87-49-54)62-44-63-59-28-18-23-55-32-33-60-61-29-10-13-40-78(61,57-25-8-5-9-26-57)47-64-72(71(60)70(55)59)79(63)45-56(62)24-17-27-58-46-77(64,51-79)50-76(58)38-14-15-39-76/h4-9,18,20-21,23,25-26,28,32-33,43,52,56,58,61-67,72-73,82-83,86H,10-11,13-16,19,22,27,29-31,34-36,38-42,44-51H2,1-3H3. The van der Waals surface area contributed by atoms with Crippen molar-refractivity contribution in [3.63, 3.8) is 0 Å². The average molecular weight is 1180 g/mol. The summed E-state index contributed by atoms with van der Waals surface area (Å²) in [5.74, 6) is 16.7. The van der Waals surface area contributed by atoms with Gasteiger partial charge in [-0.1, -0.05) is 149 Å². The minimum Gasteiger partial charge on any atom is -0.462 e. The van der Waals surface area contributed by atoms with E-state index < -0.39 is 46.1 Å². The highest BCUT2D eigenvalue weighted by molar-refractivity contribution is 5.93. The van der Waals surface area contributed by atoms with Crippen LogP contribution in [0.25, 0.3) is 10.8 Å². The number of benzene rings is 4. The molecule has 7 nitrogen and oxygen atoms in total. The molecule has 0 aromatic heterocycles. The van der Waals surface area contributed by atoms with Crippen molar-refractivity contribution in [2.45, 2.75) is 241 Å². The molecule has 4 aromatic carbocycles. The predicted molar refractivity (Wildman–Crippen MR) is 344 cm³/mol. The number of ether oxygens (including phenoxy) is 2. The van der Waals surface area contributed by atoms with Gasteiger partial charge in [-0.25, -0.2) is 4.79 Å². The first-order valence-electron chi connectivity index (χ1n) is 35.4. The van der Waals surface area contributed by atoms with Crippen molar-refractivity contribution in [1.82, 2.24) is 0 Å². The zero-order valence-electron chi connectivity index (χ0n) is 52.9. The number of rotatable bonds is 13. The number of esters is 2. The molecule has 4 aromatic rings. The molecule has 3 spiro atoms. The van der Waals surface area contributed by atoms with Gasteiger partial charge < -0.3 is 24.8 Å². The first kappa shape index (κ1) is 57.9. The molecule has 6 bridgehead atoms. The molecule has 2 heterocycles. The van der Waals surface area contributed by atoms with Crippen LogP contribution in [-0.4, -0.2) is 57.8 Å². The lowest BCUT2D eigenvalue weighted by Gasteiger charge is -2.72. The summed E-state index contributed by atoms with van der Waals surface area (Å²) in [6.07, 6.45) is 23.2. The molecular formula is C81H96O7. The van der Waals surface area contributed by atoms with E-state index in [9.17, 15) is 24.9 Å². The molecule has 88 heavy (non-hydrogen) atoms. The maximum absolute atomic E-state index is 15.0. The van der Waals surface area contributed by atoms with Crippen LogP contribution in [0.4, 0.5) is 0 Å². The van der Waals surface area contributed by atoms with E-state index in [1.807, 2.05) is 6.92 Å². The Morgan fingerprint density at radius 2 is 1.56 bits per heavy atom. The highest BCUT2D eigenvalue weighted by atomic mass is 16.5. The lowest BCUT2D eigenvalue weighted by atomic mass is 9.34. The number of hydrogen-bond donors (Lipinski definition) is 3. The van der Waals surface area contributed by atoms with Crippen LogP contribution in [-0.2, 0) is 30.9 Å². The van der Waals surface area contributed by atoms with Gasteiger partial charge in [0, 0.05) is 42.6 Å². The molecule has 462 valence electrons. The first-order valence-corrected chi connectivity index (χ1v) is 35.4. The highest BCUT2D eigenvalue weighted by Crippen LogP contribution is 2.84. The van der Waals surface area contributed by atoms with E-state index in [1.165, 1.54) is 93.6 Å². The van der Waals surface area contributed by atoms with Crippen molar-refractivity contribution in [3.05, 3.63) is 130 Å². The predicted octanol–water partition coefficient (Wildman–Crippen LogP) is 16.1. The molecule has 19 unspecified atom stereocenters. The number of carbonyl (C=O) groups is 2. The maximum atomic E-state index is 15.0. The van der Waals surface area contributed by atoms with Gasteiger partial charge in [0.05, 0.1) is 35.1 Å². The zero-order chi connectivity index (χ0) is 60.1. The van der Waals surface area contributed by atoms with E-state index in [2.05, 4.69) is 129 Å². The number of aliphatic hydroxyl groups is 3. The minimum absolute atomic E-state index is 0.00497. The van der Waals surface area contributed by atoms with Crippen LogP contribution in [0.15, 0.2) is 103 Å². The average Bonchev–Trinajstić information content (AvgIpc) is 1.22. The van der Waals surface area contributed by atoms with Crippen molar-refractivity contribution in [2.24, 2.45) is 68.0 Å². The van der Waals surface area contributed by atoms with Crippen molar-refractivity contribution >= 4 is 22.7 Å². The molecule has 12 aliphatic rings. The van der Waals surface area contributed by atoms with Gasteiger partial charge in [0.2, 0.25) is 0 Å². The van der Waals surface area contributed by atoms with Gasteiger partial charge in [-0.3, -0.25) is 4.79 Å². The van der Waals surface area contributed by atoms with Crippen molar-refractivity contribution in [1.29, 1.82) is 0 Å². The molecule has 7 saturated carbocycles. The van der Waals surface area contributed by atoms with Crippen LogP contribution >= 0.6 is 0 Å². The fourth-order valence-corrected chi connectivity index (χ4v) is 25.5. The fraction of sp³-hybridized carbons (Fsp3) is 0.630. The van der Waals surface area contributed by atoms with E-state index in [0.29, 0.717) is 67.6 Å². The summed E-state index contributed by atoms with van der Waals surface area (Å²) >= 11 is 0. The van der Waals surface area contributed by atoms with E-state index in [0.717, 1.165) is 44.1 Å². The molecule has 0 amide bonds. The Labute approximate surface area is 524 Å². The third-order valence-electron chi connectivity index (χ3n) is 28.7. The summed E-state index contributed by atoms with van der Waals surface area (Å²) < 4.78 is 12.6. The Morgan fingerprint density at radius 1 is 0.750 bits per heavy atom. The molecule has 2 aliphatic heterocycles. The van der Waals surface area contributed by atoms with Gasteiger partial charge in [-0.2, -0.15) is 0 Å². The first-order chi connectivity index (χ1) is 42.6. The summed E-state index contributed by atoms with van der Waals surface area (Å²) in [6.45, 7) is 6.93. The topological polar surface area (TPSA) is 113 Å². The normalized spacial score (nSPS) is 41.7. The van der Waals surface area contributed by atoms with Crippen molar-refractivity contribution < 1.29 is 34.4 Å². The Morgan fingerprint density at radius 3 is 2.36 bits per heavy atom. The SMILES string of the molecule is CC(CCCc1ccccc1)CCC(O)C12C(O)CCC(C)(C3CC4c5cccc6ccc7c(c56)C5C(CC6(c8ccccc8)CCCCC76)C67CC(CC#CC3CC45C6)C3(CCCC3)C7)C1C1CC(C)(C#CCCC(=O)O1)C2(O)CCC1=CC(=O)OC1. The van der Waals surface area contributed by atoms with E-state index in [1.54, 1.807) is 28.2 Å². The Bertz CT molecular complexity index is 3580. The van der Waals surface area contributed by atoms with Gasteiger partial charge in [0.15, 0.2) is 0 Å². The van der Waals surface area contributed by atoms with Crippen molar-refractivity contribution in [2.75, 3.05) is 6.61 Å². The van der Waals surface area contributed by atoms with Gasteiger partial charge >= 0.3 is 11.9 Å². The van der Waals surface area contributed by atoms with Gasteiger partial charge in [-0.05, 0) is 230 Å². The largest absolute Gasteiger partial charge is 0.462 e. The molecule has 7 fully saturated rings. The van der Waals surface area contributed by atoms with Crippen LogP contribution in [0.2, 0.25) is 0 Å². The lowest BCUT2D eigenvalue weighted by molar-refractivity contribution is -0.340. The van der Waals surface area contributed by atoms with Gasteiger partial charge in [-0.15, -0.1) is 11.8 Å². The number of hydrogen-bond acceptors (Lipinski definition) is 7. The third-order valence-corrected chi connectivity index (χ3v) is 28.7. The highest BCUT2D eigenvalue weighted by Gasteiger charge is 2.80. The summed E-state index contributed by atoms with van der Waals surface area (Å²) in [4.78, 5) is 27.4. The quantitative estimate of drug-likeness (QED) is 0.0903. The summed E-state index contributed by atoms with van der Waals surface area (Å²) in [5.41, 5.74) is 3.92. The van der Waals surface area contributed by atoms with Crippen LogP contribution in [0, 0.1) is 91.7 Å². The third kappa shape index (κ3) is 8.32. The van der Waals surface area contributed by atoms with Crippen LogP contribution in [0.3, 0.4) is 0 Å². The fourth-order valence-electron chi connectivity index (χ4n) is 25.5. The molecule has 3 N–H and O–H groups in total. The molecule has 0 radical (unpaired) electrons. The van der Waals surface area contributed by atoms with Crippen molar-refractivity contribution in [3.8, 4) is 23.7 Å². The molecule has 7 heteroatoms. The molecular weight excluding hydrogens is 1080 g/mol. The minimum atomic E-state index is -1.79. The number of aliphatic hydroxyl groups excluding tert-OH is 2. The second kappa shape index (κ2) is 21.2. The van der Waals surface area contributed by atoms with Gasteiger partial charge in [0.25, 0.3) is 0 Å². The van der Waals surface area contributed by atoms with Crippen LogP contribution < -0.4 is 0 Å². The smallest absolute Gasteiger partial charge is 0.331 e. The molecule has 16 rings (SSSR count). The monoisotopic (exact) mass is 1180 g/mol. The number of carbonyl (C=O) groups excluding carboxylic acids is 2. The second-order valence-electron chi connectivity index (χ2n) is 32.5. The van der Waals surface area contributed by atoms with E-state index in [4.69, 9.17) is 9.47 Å². The zero-order valence-corrected chi connectivity index (χ0v) is 52.9. The van der Waals surface area contributed by atoms with Crippen LogP contribution in [0.5, 0.6) is 0 Å². The van der Waals surface area contributed by atoms with E-state index >= 15 is 0 Å². The molecule has 10 aliphatic carbocycles. The second-order valence-corrected chi connectivity index (χ2v) is 32.5. The van der Waals surface area contributed by atoms with Gasteiger partial charge in [0.1, 0.15) is 12.7 Å². The number of cyclic esters (lactones) is 1. The molecule has 0 saturated heterocycles. The van der Waals surface area contributed by atoms with Crippen LogP contribution in [0.1, 0.15) is 233 Å². The Balaban J connectivity index is 0.881. The number of fused-ring (bicyclic) bond motifs is 10. The molecule has 19 atom stereocenters. The summed E-state index contributed by atoms with van der Waals surface area (Å²) in [7, 11) is 0. The number of aryl methyl sites for hydroxylation is 1. The summed E-state index contributed by atoms with van der Waals surface area (Å²) in [5, 5.41) is 45.8.